The van der Waals surface area contributed by atoms with Crippen molar-refractivity contribution in [2.75, 3.05) is 22.3 Å². The molecule has 0 bridgehead atoms. The quantitative estimate of drug-likeness (QED) is 0.0944. The number of hydrogen-bond acceptors (Lipinski definition) is 4. The van der Waals surface area contributed by atoms with Crippen molar-refractivity contribution in [3.8, 4) is 72.4 Å². The van der Waals surface area contributed by atoms with Crippen LogP contribution in [0.3, 0.4) is 0 Å². The maximum absolute atomic E-state index is 10.1. The van der Waals surface area contributed by atoms with E-state index in [1.807, 2.05) is 0 Å². The highest BCUT2D eigenvalue weighted by molar-refractivity contribution is 7.98. The topological polar surface area (TPSA) is 11.4 Å². The monoisotopic (exact) mass is 1190 g/mol. The molecule has 0 radical (unpaired) electrons. The molecule has 3 nitrogen and oxygen atoms in total. The van der Waals surface area contributed by atoms with Crippen LogP contribution in [0.2, 0.25) is 0 Å². The lowest BCUT2D eigenvalue weighted by molar-refractivity contribution is 0.591. The van der Waals surface area contributed by atoms with Crippen molar-refractivity contribution in [3.63, 3.8) is 0 Å². The Morgan fingerprint density at radius 3 is 1.20 bits per heavy atom. The van der Waals surface area contributed by atoms with E-state index in [9.17, 15) is 5.48 Å². The average molecular weight is 1190 g/mol. The summed E-state index contributed by atoms with van der Waals surface area (Å²) < 4.78 is 40.8. The van der Waals surface area contributed by atoms with Gasteiger partial charge in [-0.15, -0.1) is 23.5 Å². The van der Waals surface area contributed by atoms with E-state index in [1.54, 1.807) is 23.5 Å². The van der Waals surface area contributed by atoms with Gasteiger partial charge in [0.15, 0.2) is 0 Å². The molecule has 0 amide bonds. The number of anilines is 6. The molecule has 0 N–H and O–H groups in total. The average Bonchev–Trinajstić information content (AvgIpc) is 0.952. The van der Waals surface area contributed by atoms with E-state index in [-0.39, 0.29) is 36.3 Å². The smallest absolute Gasteiger partial charge is 0.252 e. The zero-order chi connectivity index (χ0) is 64.1. The van der Waals surface area contributed by atoms with Gasteiger partial charge in [0.05, 0.1) is 33.6 Å². The lowest BCUT2D eigenvalue weighted by Crippen LogP contribution is -2.61. The molecule has 0 fully saturated rings. The summed E-state index contributed by atoms with van der Waals surface area (Å²) in [5.74, 6) is 0. The third-order valence-corrected chi connectivity index (χ3v) is 19.7. The first-order valence-corrected chi connectivity index (χ1v) is 33.2. The Labute approximate surface area is 542 Å². The van der Waals surface area contributed by atoms with Crippen molar-refractivity contribution in [2.45, 2.75) is 36.0 Å². The molecular weight excluding hydrogens is 1130 g/mol. The maximum atomic E-state index is 10.1. The molecule has 13 aromatic carbocycles. The summed E-state index contributed by atoms with van der Waals surface area (Å²) in [5.41, 5.74) is 25.0. The molecule has 0 atom stereocenters. The molecule has 0 saturated carbocycles. The van der Waals surface area contributed by atoms with E-state index in [2.05, 4.69) is 321 Å². The summed E-state index contributed by atoms with van der Waals surface area (Å²) in [6.07, 6.45) is 4.28. The van der Waals surface area contributed by atoms with Crippen molar-refractivity contribution in [3.05, 3.63) is 303 Å². The summed E-state index contributed by atoms with van der Waals surface area (Å²) in [5, 5.41) is 1.25. The van der Waals surface area contributed by atoms with Gasteiger partial charge in [-0.05, 0) is 151 Å². The first-order chi connectivity index (χ1) is 45.9. The Kier molecular flexibility index (Phi) is 12.8. The zero-order valence-electron chi connectivity index (χ0n) is 54.7. The number of rotatable bonds is 11. The molecule has 16 rings (SSSR count). The summed E-state index contributed by atoms with van der Waals surface area (Å²) >= 11 is 3.49. The minimum Gasteiger partial charge on any atom is -0.310 e. The second kappa shape index (κ2) is 22.6. The minimum absolute atomic E-state index is 0.0670. The molecule has 90 heavy (non-hydrogen) atoms. The zero-order valence-corrected chi connectivity index (χ0v) is 52.3. The second-order valence-electron chi connectivity index (χ2n) is 24.4. The van der Waals surface area contributed by atoms with Gasteiger partial charge in [-0.1, -0.05) is 251 Å². The fourth-order valence-electron chi connectivity index (χ4n) is 14.0. The van der Waals surface area contributed by atoms with E-state index < -0.39 is 0 Å². The van der Waals surface area contributed by atoms with Crippen molar-refractivity contribution >= 4 is 103 Å². The Balaban J connectivity index is 1.13. The van der Waals surface area contributed by atoms with Gasteiger partial charge in [-0.3, -0.25) is 0 Å². The summed E-state index contributed by atoms with van der Waals surface area (Å²) in [6.45, 7) is 6.21. The second-order valence-corrected chi connectivity index (χ2v) is 26.2. The van der Waals surface area contributed by atoms with E-state index >= 15 is 0 Å². The maximum Gasteiger partial charge on any atom is 0.252 e. The highest BCUT2D eigenvalue weighted by Crippen LogP contribution is 2.54. The van der Waals surface area contributed by atoms with Gasteiger partial charge in [-0.2, -0.15) is 0 Å². The Morgan fingerprint density at radius 2 is 0.767 bits per heavy atom. The van der Waals surface area contributed by atoms with Crippen molar-refractivity contribution < 1.29 is 5.48 Å². The van der Waals surface area contributed by atoms with Crippen molar-refractivity contribution in [1.29, 1.82) is 0 Å². The molecule has 14 aromatic rings. The van der Waals surface area contributed by atoms with Crippen molar-refractivity contribution in [2.24, 2.45) is 0 Å². The van der Waals surface area contributed by atoms with Crippen LogP contribution in [0.15, 0.2) is 307 Å². The van der Waals surface area contributed by atoms with E-state index in [1.165, 1.54) is 9.79 Å². The van der Waals surface area contributed by atoms with Crippen LogP contribution >= 0.6 is 23.5 Å². The van der Waals surface area contributed by atoms with E-state index in [0.29, 0.717) is 10.9 Å². The van der Waals surface area contributed by atoms with Gasteiger partial charge in [0.1, 0.15) is 0 Å². The summed E-state index contributed by atoms with van der Waals surface area (Å²) in [4.78, 5) is 7.46. The normalized spacial score (nSPS) is 13.1. The number of hydrogen-bond donors (Lipinski definition) is 0. The fourth-order valence-corrected chi connectivity index (χ4v) is 14.9. The molecule has 430 valence electrons. The molecule has 1 aromatic heterocycles. The van der Waals surface area contributed by atoms with Crippen molar-refractivity contribution in [1.82, 2.24) is 4.57 Å². The lowest BCUT2D eigenvalue weighted by atomic mass is 9.33. The molecular formula is C84H64BN3S2. The molecule has 2 aliphatic heterocycles. The third kappa shape index (κ3) is 9.39. The fraction of sp³-hybridized carbons (Fsp3) is 0.0714. The first-order valence-electron chi connectivity index (χ1n) is 32.7. The van der Waals surface area contributed by atoms with Crippen LogP contribution in [-0.4, -0.2) is 23.8 Å². The molecule has 6 heteroatoms. The van der Waals surface area contributed by atoms with Crippen LogP contribution in [0.4, 0.5) is 34.1 Å². The van der Waals surface area contributed by atoms with Crippen LogP contribution < -0.4 is 26.2 Å². The predicted octanol–water partition coefficient (Wildman–Crippen LogP) is 21.6. The van der Waals surface area contributed by atoms with Gasteiger partial charge >= 0.3 is 0 Å². The van der Waals surface area contributed by atoms with Crippen LogP contribution in [0.5, 0.6) is 0 Å². The number of nitrogens with zero attached hydrogens (tertiary/aromatic N) is 3. The third-order valence-electron chi connectivity index (χ3n) is 18.2. The molecule has 0 saturated heterocycles. The first kappa shape index (κ1) is 51.0. The molecule has 0 aliphatic carbocycles. The summed E-state index contributed by atoms with van der Waals surface area (Å²) in [7, 11) is 0. The van der Waals surface area contributed by atoms with Gasteiger partial charge in [0, 0.05) is 65.6 Å². The SMILES string of the molecule is [2H]c1c([2H])c([2H])c2c(c1[2H])c1cc(C(C)(C)C)ccc1n2-c1cc2c3c(c1)N(c1c(-c4ccccc4)cccc1-c1ccccc1)c1ccc(-c4cccc(SC)c4)cc1B3c1cc(-c3cccc(SC)c3)ccc1N2c1c(-c2ccccc2)cccc1-c1ccccc1. The molecule has 2 aliphatic rings. The van der Waals surface area contributed by atoms with Crippen LogP contribution in [0, 0.1) is 0 Å². The van der Waals surface area contributed by atoms with Gasteiger partial charge in [-0.25, -0.2) is 0 Å². The standard InChI is InChI=1S/C84H64BN3S2/c1-84(2,3)63-44-47-76-72(52-63)71-36-18-19-41-75(71)86(76)64-53-79-81-80(54-64)88(83-69(57-28-14-8-15-29-57)39-23-40-70(83)58-30-16-9-17-31-58)78-46-43-62(60-33-21-35-66(49-60)90-5)51-74(78)85(81)73-50-61(59-32-20-34-65(48-59)89-4)42-45-77(73)87(79)82-67(55-24-10-6-11-25-55)37-22-38-68(82)56-26-12-7-13-27-56/h6-54H,1-5H3/i18D,19D,36D,41D. The van der Waals surface area contributed by atoms with Gasteiger partial charge in [0.25, 0.3) is 6.71 Å². The van der Waals surface area contributed by atoms with Gasteiger partial charge in [0.2, 0.25) is 0 Å². The highest BCUT2D eigenvalue weighted by atomic mass is 32.2. The highest BCUT2D eigenvalue weighted by Gasteiger charge is 2.46. The van der Waals surface area contributed by atoms with Gasteiger partial charge < -0.3 is 14.4 Å². The van der Waals surface area contributed by atoms with Crippen LogP contribution in [0.25, 0.3) is 94.3 Å². The summed E-state index contributed by atoms with van der Waals surface area (Å²) in [6, 6.07) is 98.8. The largest absolute Gasteiger partial charge is 0.310 e. The van der Waals surface area contributed by atoms with Crippen LogP contribution in [-0.2, 0) is 5.41 Å². The predicted molar refractivity (Wildman–Crippen MR) is 390 cm³/mol. The Bertz CT molecular complexity index is 4980. The Hall–Kier alpha value is -9.98. The van der Waals surface area contributed by atoms with E-state index in [4.69, 9.17) is 0 Å². The number of thioether (sulfide) groups is 2. The van der Waals surface area contributed by atoms with Crippen LogP contribution in [0.1, 0.15) is 31.8 Å². The number of benzene rings is 13. The number of aromatic nitrogens is 1. The lowest BCUT2D eigenvalue weighted by Gasteiger charge is -2.46. The van der Waals surface area contributed by atoms with E-state index in [0.717, 1.165) is 139 Å². The number of para-hydroxylation sites is 3. The molecule has 3 heterocycles. The minimum atomic E-state index is -0.359. The number of fused-ring (bicyclic) bond motifs is 7. The Morgan fingerprint density at radius 1 is 0.356 bits per heavy atom. The molecule has 0 spiro atoms. The molecule has 0 unspecified atom stereocenters.